The zero-order chi connectivity index (χ0) is 11.3. The lowest BCUT2D eigenvalue weighted by Gasteiger charge is -2.13. The molecule has 0 aliphatic carbocycles. The molecular weight excluding hydrogens is 199 g/mol. The maximum absolute atomic E-state index is 3.95. The third-order valence-electron chi connectivity index (χ3n) is 2.75. The lowest BCUT2D eigenvalue weighted by atomic mass is 10.1. The molecule has 0 unspecified atom stereocenters. The third-order valence-corrected chi connectivity index (χ3v) is 5.35. The van der Waals surface area contributed by atoms with Crippen molar-refractivity contribution in [2.45, 2.75) is 26.9 Å². The average molecular weight is 220 g/mol. The van der Waals surface area contributed by atoms with Crippen molar-refractivity contribution in [3.05, 3.63) is 42.0 Å². The van der Waals surface area contributed by atoms with Gasteiger partial charge in [-0.15, -0.1) is 7.92 Å². The van der Waals surface area contributed by atoms with E-state index >= 15 is 0 Å². The molecule has 1 aromatic rings. The van der Waals surface area contributed by atoms with Crippen molar-refractivity contribution in [2.75, 3.05) is 12.3 Å². The minimum atomic E-state index is 0.220. The van der Waals surface area contributed by atoms with Gasteiger partial charge in [0.1, 0.15) is 0 Å². The Bertz CT molecular complexity index is 307. The van der Waals surface area contributed by atoms with Gasteiger partial charge < -0.3 is 0 Å². The van der Waals surface area contributed by atoms with E-state index in [4.69, 9.17) is 0 Å². The molecule has 0 amide bonds. The quantitative estimate of drug-likeness (QED) is 0.629. The molecule has 0 saturated carbocycles. The second-order valence-corrected chi connectivity index (χ2v) is 6.86. The van der Waals surface area contributed by atoms with E-state index in [2.05, 4.69) is 51.6 Å². The van der Waals surface area contributed by atoms with Gasteiger partial charge in [0, 0.05) is 0 Å². The van der Waals surface area contributed by atoms with Crippen molar-refractivity contribution >= 4 is 13.5 Å². The number of hydrogen-bond donors (Lipinski definition) is 0. The summed E-state index contributed by atoms with van der Waals surface area (Å²) in [5, 5.41) is 0. The first-order valence-electron chi connectivity index (χ1n) is 5.64. The second-order valence-electron chi connectivity index (χ2n) is 3.94. The van der Waals surface area contributed by atoms with Crippen molar-refractivity contribution in [1.29, 1.82) is 0 Å². The van der Waals surface area contributed by atoms with E-state index in [0.717, 1.165) is 5.57 Å². The fourth-order valence-corrected chi connectivity index (χ4v) is 3.22. The molecule has 0 heterocycles. The minimum absolute atomic E-state index is 0.220. The summed E-state index contributed by atoms with van der Waals surface area (Å²) in [6.45, 7) is 10.6. The highest BCUT2D eigenvalue weighted by atomic mass is 31.1. The first-order valence-corrected chi connectivity index (χ1v) is 7.54. The maximum Gasteiger partial charge on any atom is -0.00733 e. The monoisotopic (exact) mass is 220 g/mol. The number of allylic oxidation sites excluding steroid dienone is 1. The third kappa shape index (κ3) is 3.80. The van der Waals surface area contributed by atoms with Crippen LogP contribution in [0.15, 0.2) is 30.8 Å². The summed E-state index contributed by atoms with van der Waals surface area (Å²) in [6.07, 6.45) is 3.96. The molecule has 0 radical (unpaired) electrons. The predicted molar refractivity (Wildman–Crippen MR) is 72.9 cm³/mol. The Kier molecular flexibility index (Phi) is 5.05. The molecule has 0 aromatic heterocycles. The van der Waals surface area contributed by atoms with Gasteiger partial charge >= 0.3 is 0 Å². The molecule has 82 valence electrons. The molecule has 0 aliphatic heterocycles. The molecule has 1 aromatic carbocycles. The Morgan fingerprint density at radius 1 is 1.13 bits per heavy atom. The SMILES string of the molecule is C=C(C)c1ccc(CP(CC)CC)cc1. The van der Waals surface area contributed by atoms with Crippen LogP contribution in [-0.4, -0.2) is 12.3 Å². The Labute approximate surface area is 95.2 Å². The van der Waals surface area contributed by atoms with Crippen molar-refractivity contribution in [2.24, 2.45) is 0 Å². The highest BCUT2D eigenvalue weighted by molar-refractivity contribution is 7.56. The summed E-state index contributed by atoms with van der Waals surface area (Å²) in [6, 6.07) is 8.89. The molecule has 0 spiro atoms. The fraction of sp³-hybridized carbons (Fsp3) is 0.429. The van der Waals surface area contributed by atoms with Gasteiger partial charge in [0.05, 0.1) is 0 Å². The van der Waals surface area contributed by atoms with Gasteiger partial charge in [-0.1, -0.05) is 50.3 Å². The van der Waals surface area contributed by atoms with E-state index in [9.17, 15) is 0 Å². The molecule has 0 fully saturated rings. The Hall–Kier alpha value is -0.610. The molecule has 1 rings (SSSR count). The van der Waals surface area contributed by atoms with Crippen LogP contribution < -0.4 is 0 Å². The molecule has 0 bridgehead atoms. The average Bonchev–Trinajstić information content (AvgIpc) is 2.26. The largest absolute Gasteiger partial charge is 0.103 e. The first-order chi connectivity index (χ1) is 7.17. The van der Waals surface area contributed by atoms with E-state index in [0.29, 0.717) is 0 Å². The van der Waals surface area contributed by atoms with Gasteiger partial charge in [-0.05, 0) is 36.5 Å². The molecule has 0 N–H and O–H groups in total. The molecule has 0 aliphatic rings. The summed E-state index contributed by atoms with van der Waals surface area (Å²) in [5.41, 5.74) is 3.89. The van der Waals surface area contributed by atoms with Crippen molar-refractivity contribution < 1.29 is 0 Å². The van der Waals surface area contributed by atoms with Crippen LogP contribution in [0.2, 0.25) is 0 Å². The van der Waals surface area contributed by atoms with Gasteiger partial charge in [-0.2, -0.15) is 0 Å². The highest BCUT2D eigenvalue weighted by Crippen LogP contribution is 2.38. The number of rotatable bonds is 5. The summed E-state index contributed by atoms with van der Waals surface area (Å²) in [5.74, 6) is 0. The molecule has 0 nitrogen and oxygen atoms in total. The van der Waals surface area contributed by atoms with Gasteiger partial charge in [-0.3, -0.25) is 0 Å². The van der Waals surface area contributed by atoms with Gasteiger partial charge in [0.2, 0.25) is 0 Å². The lowest BCUT2D eigenvalue weighted by molar-refractivity contribution is 1.31. The lowest BCUT2D eigenvalue weighted by Crippen LogP contribution is -1.89. The summed E-state index contributed by atoms with van der Waals surface area (Å²) in [7, 11) is 0.220. The van der Waals surface area contributed by atoms with E-state index in [1.807, 2.05) is 0 Å². The van der Waals surface area contributed by atoms with E-state index < -0.39 is 0 Å². The minimum Gasteiger partial charge on any atom is -0.103 e. The Morgan fingerprint density at radius 3 is 2.07 bits per heavy atom. The summed E-state index contributed by atoms with van der Waals surface area (Å²) >= 11 is 0. The highest BCUT2D eigenvalue weighted by Gasteiger charge is 2.03. The molecule has 1 heteroatoms. The molecule has 0 atom stereocenters. The summed E-state index contributed by atoms with van der Waals surface area (Å²) < 4.78 is 0. The maximum atomic E-state index is 3.95. The predicted octanol–water partition coefficient (Wildman–Crippen LogP) is 4.74. The first kappa shape index (κ1) is 12.5. The van der Waals surface area contributed by atoms with Gasteiger partial charge in [-0.25, -0.2) is 0 Å². The smallest absolute Gasteiger partial charge is 0.00733 e. The van der Waals surface area contributed by atoms with Gasteiger partial charge in [0.15, 0.2) is 0 Å². The zero-order valence-corrected chi connectivity index (χ0v) is 11.0. The fourth-order valence-electron chi connectivity index (χ4n) is 1.60. The van der Waals surface area contributed by atoms with Crippen LogP contribution in [0.25, 0.3) is 5.57 Å². The number of hydrogen-bond acceptors (Lipinski definition) is 0. The van der Waals surface area contributed by atoms with Crippen molar-refractivity contribution in [3.63, 3.8) is 0 Å². The van der Waals surface area contributed by atoms with E-state index in [-0.39, 0.29) is 7.92 Å². The van der Waals surface area contributed by atoms with Gasteiger partial charge in [0.25, 0.3) is 0 Å². The molecule has 15 heavy (non-hydrogen) atoms. The van der Waals surface area contributed by atoms with Crippen molar-refractivity contribution in [1.82, 2.24) is 0 Å². The van der Waals surface area contributed by atoms with Crippen LogP contribution in [-0.2, 0) is 6.16 Å². The van der Waals surface area contributed by atoms with Crippen LogP contribution in [0.5, 0.6) is 0 Å². The van der Waals surface area contributed by atoms with Crippen LogP contribution in [0.4, 0.5) is 0 Å². The van der Waals surface area contributed by atoms with Crippen LogP contribution in [0.1, 0.15) is 31.9 Å². The van der Waals surface area contributed by atoms with Crippen LogP contribution >= 0.6 is 7.92 Å². The second kappa shape index (κ2) is 6.08. The Balaban J connectivity index is 2.67. The zero-order valence-electron chi connectivity index (χ0n) is 10.1. The summed E-state index contributed by atoms with van der Waals surface area (Å²) in [4.78, 5) is 0. The molecular formula is C14H21P. The molecule has 0 saturated heterocycles. The van der Waals surface area contributed by atoms with Crippen LogP contribution in [0.3, 0.4) is 0 Å². The Morgan fingerprint density at radius 2 is 1.67 bits per heavy atom. The number of benzene rings is 1. The van der Waals surface area contributed by atoms with Crippen LogP contribution in [0, 0.1) is 0 Å². The van der Waals surface area contributed by atoms with Crippen molar-refractivity contribution in [3.8, 4) is 0 Å². The standard InChI is InChI=1S/C14H21P/c1-5-15(6-2)11-13-7-9-14(10-8-13)12(3)4/h7-10H,3,5-6,11H2,1-2,4H3. The topological polar surface area (TPSA) is 0 Å². The van der Waals surface area contributed by atoms with E-state index in [1.54, 1.807) is 0 Å². The normalized spacial score (nSPS) is 10.7. The van der Waals surface area contributed by atoms with E-state index in [1.165, 1.54) is 29.6 Å².